The molecule has 1 aromatic heterocycles. The van der Waals surface area contributed by atoms with E-state index in [-0.39, 0.29) is 6.10 Å². The van der Waals surface area contributed by atoms with Gasteiger partial charge in [0.1, 0.15) is 17.5 Å². The molecule has 0 aliphatic heterocycles. The van der Waals surface area contributed by atoms with Gasteiger partial charge < -0.3 is 15.7 Å². The van der Waals surface area contributed by atoms with E-state index in [2.05, 4.69) is 20.6 Å². The summed E-state index contributed by atoms with van der Waals surface area (Å²) in [4.78, 5) is 8.48. The summed E-state index contributed by atoms with van der Waals surface area (Å²) in [6.07, 6.45) is 1.49. The first-order chi connectivity index (χ1) is 7.61. The number of aryl methyl sites for hydroxylation is 1. The molecular formula is C11H20N4O. The second-order valence-electron chi connectivity index (χ2n) is 3.85. The minimum absolute atomic E-state index is 0.234. The highest BCUT2D eigenvalue weighted by atomic mass is 16.3. The molecule has 1 heterocycles. The van der Waals surface area contributed by atoms with Gasteiger partial charge in [-0.1, -0.05) is 0 Å². The van der Waals surface area contributed by atoms with Crippen molar-refractivity contribution >= 4 is 11.6 Å². The highest BCUT2D eigenvalue weighted by molar-refractivity contribution is 5.46. The first-order valence-electron chi connectivity index (χ1n) is 5.57. The van der Waals surface area contributed by atoms with Crippen LogP contribution < -0.4 is 10.6 Å². The lowest BCUT2D eigenvalue weighted by Gasteiger charge is -2.08. The maximum Gasteiger partial charge on any atom is 0.131 e. The number of anilines is 2. The molecule has 0 bridgehead atoms. The van der Waals surface area contributed by atoms with E-state index in [0.29, 0.717) is 0 Å². The monoisotopic (exact) mass is 224 g/mol. The van der Waals surface area contributed by atoms with Gasteiger partial charge in [0.25, 0.3) is 0 Å². The fraction of sp³-hybridized carbons (Fsp3) is 0.636. The summed E-state index contributed by atoms with van der Waals surface area (Å²) in [5, 5.41) is 15.3. The minimum atomic E-state index is -0.234. The van der Waals surface area contributed by atoms with Crippen LogP contribution in [0.25, 0.3) is 0 Å². The Balaban J connectivity index is 2.44. The number of aromatic nitrogens is 2. The Morgan fingerprint density at radius 1 is 1.38 bits per heavy atom. The van der Waals surface area contributed by atoms with Gasteiger partial charge in [-0.2, -0.15) is 0 Å². The Kier molecular flexibility index (Phi) is 4.98. The average molecular weight is 224 g/mol. The summed E-state index contributed by atoms with van der Waals surface area (Å²) in [6, 6.07) is 1.87. The molecule has 1 unspecified atom stereocenters. The van der Waals surface area contributed by atoms with Crippen LogP contribution in [0.5, 0.6) is 0 Å². The highest BCUT2D eigenvalue weighted by Crippen LogP contribution is 2.10. The molecule has 1 atom stereocenters. The van der Waals surface area contributed by atoms with Crippen molar-refractivity contribution in [3.63, 3.8) is 0 Å². The highest BCUT2D eigenvalue weighted by Gasteiger charge is 2.00. The van der Waals surface area contributed by atoms with Crippen LogP contribution >= 0.6 is 0 Å². The number of hydrogen-bond acceptors (Lipinski definition) is 5. The quantitative estimate of drug-likeness (QED) is 0.637. The van der Waals surface area contributed by atoms with E-state index in [1.807, 2.05) is 20.0 Å². The van der Waals surface area contributed by atoms with E-state index in [1.54, 1.807) is 6.92 Å². The number of nitrogens with one attached hydrogen (secondary N) is 2. The van der Waals surface area contributed by atoms with Gasteiger partial charge in [0.05, 0.1) is 6.10 Å². The Morgan fingerprint density at radius 2 is 2.06 bits per heavy atom. The number of aliphatic hydroxyl groups excluding tert-OH is 1. The summed E-state index contributed by atoms with van der Waals surface area (Å²) in [6.45, 7) is 4.47. The number of nitrogens with zero attached hydrogens (tertiary/aromatic N) is 2. The third-order valence-electron chi connectivity index (χ3n) is 2.20. The summed E-state index contributed by atoms with van der Waals surface area (Å²) < 4.78 is 0. The van der Waals surface area contributed by atoms with Crippen LogP contribution in [0.3, 0.4) is 0 Å². The zero-order valence-corrected chi connectivity index (χ0v) is 10.1. The van der Waals surface area contributed by atoms with Crippen molar-refractivity contribution in [1.29, 1.82) is 0 Å². The van der Waals surface area contributed by atoms with Crippen LogP contribution in [0.4, 0.5) is 11.6 Å². The maximum absolute atomic E-state index is 9.11. The van der Waals surface area contributed by atoms with Gasteiger partial charge in [-0.05, 0) is 26.7 Å². The molecular weight excluding hydrogens is 204 g/mol. The number of rotatable bonds is 6. The summed E-state index contributed by atoms with van der Waals surface area (Å²) >= 11 is 0. The summed E-state index contributed by atoms with van der Waals surface area (Å²) in [5.41, 5.74) is 0. The largest absolute Gasteiger partial charge is 0.393 e. The zero-order chi connectivity index (χ0) is 12.0. The molecule has 5 nitrogen and oxygen atoms in total. The molecule has 90 valence electrons. The minimum Gasteiger partial charge on any atom is -0.393 e. The van der Waals surface area contributed by atoms with Crippen LogP contribution in [-0.4, -0.2) is 34.8 Å². The van der Waals surface area contributed by atoms with Gasteiger partial charge in [0.15, 0.2) is 0 Å². The van der Waals surface area contributed by atoms with Crippen molar-refractivity contribution in [1.82, 2.24) is 9.97 Å². The van der Waals surface area contributed by atoms with Crippen molar-refractivity contribution in [2.45, 2.75) is 32.8 Å². The van der Waals surface area contributed by atoms with Gasteiger partial charge in [-0.3, -0.25) is 0 Å². The van der Waals surface area contributed by atoms with Crippen LogP contribution in [0, 0.1) is 6.92 Å². The van der Waals surface area contributed by atoms with Crippen LogP contribution in [0.1, 0.15) is 25.6 Å². The molecule has 1 rings (SSSR count). The number of hydrogen-bond donors (Lipinski definition) is 3. The molecule has 0 fully saturated rings. The van der Waals surface area contributed by atoms with Crippen molar-refractivity contribution in [2.24, 2.45) is 0 Å². The van der Waals surface area contributed by atoms with Crippen molar-refractivity contribution < 1.29 is 5.11 Å². The molecule has 0 aliphatic carbocycles. The summed E-state index contributed by atoms with van der Waals surface area (Å²) in [5.74, 6) is 2.37. The van der Waals surface area contributed by atoms with Gasteiger partial charge >= 0.3 is 0 Å². The van der Waals surface area contributed by atoms with Gasteiger partial charge in [-0.25, -0.2) is 9.97 Å². The van der Waals surface area contributed by atoms with E-state index < -0.39 is 0 Å². The molecule has 0 radical (unpaired) electrons. The molecule has 0 spiro atoms. The maximum atomic E-state index is 9.11. The molecule has 0 saturated carbocycles. The second kappa shape index (κ2) is 6.27. The van der Waals surface area contributed by atoms with Gasteiger partial charge in [0.2, 0.25) is 0 Å². The SMILES string of the molecule is CNc1cc(NCCCC(C)O)nc(C)n1. The molecule has 0 aliphatic rings. The lowest BCUT2D eigenvalue weighted by Crippen LogP contribution is -2.09. The fourth-order valence-corrected chi connectivity index (χ4v) is 1.40. The van der Waals surface area contributed by atoms with Crippen LogP contribution in [0.15, 0.2) is 6.07 Å². The first-order valence-corrected chi connectivity index (χ1v) is 5.57. The average Bonchev–Trinajstić information content (AvgIpc) is 2.23. The lowest BCUT2D eigenvalue weighted by atomic mass is 10.2. The molecule has 16 heavy (non-hydrogen) atoms. The molecule has 0 saturated heterocycles. The normalized spacial score (nSPS) is 12.2. The van der Waals surface area contributed by atoms with Gasteiger partial charge in [0, 0.05) is 19.7 Å². The molecule has 0 aromatic carbocycles. The smallest absolute Gasteiger partial charge is 0.131 e. The second-order valence-corrected chi connectivity index (χ2v) is 3.85. The van der Waals surface area contributed by atoms with E-state index in [0.717, 1.165) is 36.8 Å². The standard InChI is InChI=1S/C11H20N4O/c1-8(16)5-4-6-13-11-7-10(12-3)14-9(2)15-11/h7-8,16H,4-6H2,1-3H3,(H2,12,13,14,15). The van der Waals surface area contributed by atoms with Crippen LogP contribution in [0.2, 0.25) is 0 Å². The molecule has 1 aromatic rings. The van der Waals surface area contributed by atoms with Crippen molar-refractivity contribution in [2.75, 3.05) is 24.2 Å². The van der Waals surface area contributed by atoms with Gasteiger partial charge in [-0.15, -0.1) is 0 Å². The topological polar surface area (TPSA) is 70.1 Å². The van der Waals surface area contributed by atoms with Crippen molar-refractivity contribution in [3.8, 4) is 0 Å². The fourth-order valence-electron chi connectivity index (χ4n) is 1.40. The third-order valence-corrected chi connectivity index (χ3v) is 2.20. The van der Waals surface area contributed by atoms with E-state index >= 15 is 0 Å². The van der Waals surface area contributed by atoms with E-state index in [4.69, 9.17) is 5.11 Å². The predicted octanol–water partition coefficient (Wildman–Crippen LogP) is 1.40. The zero-order valence-electron chi connectivity index (χ0n) is 10.1. The van der Waals surface area contributed by atoms with Crippen LogP contribution in [-0.2, 0) is 0 Å². The van der Waals surface area contributed by atoms with Crippen molar-refractivity contribution in [3.05, 3.63) is 11.9 Å². The van der Waals surface area contributed by atoms with E-state index in [9.17, 15) is 0 Å². The first kappa shape index (κ1) is 12.7. The van der Waals surface area contributed by atoms with E-state index in [1.165, 1.54) is 0 Å². The molecule has 0 amide bonds. The lowest BCUT2D eigenvalue weighted by molar-refractivity contribution is 0.183. The Morgan fingerprint density at radius 3 is 2.69 bits per heavy atom. The third kappa shape index (κ3) is 4.44. The Labute approximate surface area is 96.3 Å². The Hall–Kier alpha value is -1.36. The summed E-state index contributed by atoms with van der Waals surface area (Å²) in [7, 11) is 1.83. The molecule has 5 heteroatoms. The Bertz CT molecular complexity index is 328. The molecule has 3 N–H and O–H groups in total. The number of aliphatic hydroxyl groups is 1. The predicted molar refractivity (Wildman–Crippen MR) is 65.7 cm³/mol.